The summed E-state index contributed by atoms with van der Waals surface area (Å²) in [6, 6.07) is 4.93. The van der Waals surface area contributed by atoms with Crippen molar-refractivity contribution < 1.29 is 29.5 Å². The number of hydrogen-bond donors (Lipinski definition) is 2. The van der Waals surface area contributed by atoms with Crippen molar-refractivity contribution in [2.45, 2.75) is 39.0 Å². The molecule has 150 valence electrons. The summed E-state index contributed by atoms with van der Waals surface area (Å²) in [6.07, 6.45) is 6.32. The molecule has 0 unspecified atom stereocenters. The number of ether oxygens (including phenoxy) is 1. The number of likely N-dealkylation sites (tertiary alicyclic amines) is 1. The van der Waals surface area contributed by atoms with Gasteiger partial charge in [0.05, 0.1) is 11.5 Å². The van der Waals surface area contributed by atoms with Gasteiger partial charge in [-0.1, -0.05) is 12.8 Å². The molecular weight excluding hydrogens is 356 g/mol. The number of carboxylic acid groups (broad SMARTS) is 2. The van der Waals surface area contributed by atoms with Crippen LogP contribution in [0.3, 0.4) is 0 Å². The van der Waals surface area contributed by atoms with Gasteiger partial charge >= 0.3 is 11.9 Å². The van der Waals surface area contributed by atoms with Gasteiger partial charge in [-0.2, -0.15) is 0 Å². The van der Waals surface area contributed by atoms with Crippen LogP contribution in [0.4, 0.5) is 5.69 Å². The van der Waals surface area contributed by atoms with Crippen LogP contribution in [0.1, 0.15) is 37.7 Å². The van der Waals surface area contributed by atoms with Crippen LogP contribution < -0.4 is 4.74 Å². The first-order chi connectivity index (χ1) is 12.8. The Balaban J connectivity index is 0.000000527. The summed E-state index contributed by atoms with van der Waals surface area (Å²) in [5.74, 6) is -2.93. The van der Waals surface area contributed by atoms with E-state index in [1.165, 1.54) is 44.8 Å². The van der Waals surface area contributed by atoms with Crippen LogP contribution in [-0.4, -0.2) is 58.2 Å². The van der Waals surface area contributed by atoms with E-state index in [4.69, 9.17) is 24.5 Å². The lowest BCUT2D eigenvalue weighted by atomic mass is 10.2. The molecule has 0 radical (unpaired) electrons. The fourth-order valence-corrected chi connectivity index (χ4v) is 2.76. The van der Waals surface area contributed by atoms with Crippen molar-refractivity contribution in [2.75, 3.05) is 26.2 Å². The third-order valence-electron chi connectivity index (χ3n) is 4.13. The Bertz CT molecular complexity index is 629. The largest absolute Gasteiger partial charge is 0.494 e. The molecule has 1 fully saturated rings. The van der Waals surface area contributed by atoms with Crippen molar-refractivity contribution in [3.63, 3.8) is 0 Å². The normalized spacial score (nSPS) is 14.4. The van der Waals surface area contributed by atoms with E-state index in [2.05, 4.69) is 4.90 Å². The molecule has 1 saturated heterocycles. The Hall–Kier alpha value is -2.68. The van der Waals surface area contributed by atoms with Crippen molar-refractivity contribution in [3.05, 3.63) is 33.9 Å². The monoisotopic (exact) mass is 382 g/mol. The standard InChI is InChI=1S/C16H24N2O3.C2H2O4/c1-14-13-15(7-8-16(14)18(19)20)21-12-6-11-17-9-4-2-3-5-10-17;3-1(4)2(5)6/h7-8,13H,2-6,9-12H2,1H3;(H,3,4)(H,5,6). The summed E-state index contributed by atoms with van der Waals surface area (Å²) in [6.45, 7) is 5.88. The van der Waals surface area contributed by atoms with Crippen LogP contribution in [0.15, 0.2) is 18.2 Å². The van der Waals surface area contributed by atoms with E-state index in [0.717, 1.165) is 13.0 Å². The summed E-state index contributed by atoms with van der Waals surface area (Å²) >= 11 is 0. The highest BCUT2D eigenvalue weighted by Crippen LogP contribution is 2.23. The lowest BCUT2D eigenvalue weighted by molar-refractivity contribution is -0.385. The zero-order valence-corrected chi connectivity index (χ0v) is 15.4. The Kier molecular flexibility index (Phi) is 9.81. The molecule has 0 spiro atoms. The molecule has 9 nitrogen and oxygen atoms in total. The average molecular weight is 382 g/mol. The number of benzene rings is 1. The summed E-state index contributed by atoms with van der Waals surface area (Å²) < 4.78 is 5.69. The topological polar surface area (TPSA) is 130 Å². The maximum absolute atomic E-state index is 10.8. The fourth-order valence-electron chi connectivity index (χ4n) is 2.76. The van der Waals surface area contributed by atoms with Crippen molar-refractivity contribution in [1.82, 2.24) is 4.90 Å². The van der Waals surface area contributed by atoms with Crippen LogP contribution in [-0.2, 0) is 9.59 Å². The van der Waals surface area contributed by atoms with Gasteiger partial charge in [0, 0.05) is 18.2 Å². The van der Waals surface area contributed by atoms with Crippen molar-refractivity contribution >= 4 is 17.6 Å². The van der Waals surface area contributed by atoms with Crippen molar-refractivity contribution in [3.8, 4) is 5.75 Å². The van der Waals surface area contributed by atoms with E-state index in [0.29, 0.717) is 17.9 Å². The van der Waals surface area contributed by atoms with Crippen LogP contribution >= 0.6 is 0 Å². The minimum atomic E-state index is -1.82. The zero-order valence-electron chi connectivity index (χ0n) is 15.4. The van der Waals surface area contributed by atoms with E-state index in [-0.39, 0.29) is 10.6 Å². The van der Waals surface area contributed by atoms with E-state index in [1.807, 2.05) is 0 Å². The lowest BCUT2D eigenvalue weighted by Crippen LogP contribution is -2.26. The fraction of sp³-hybridized carbons (Fsp3) is 0.556. The number of rotatable bonds is 6. The number of nitro groups is 1. The summed E-state index contributed by atoms with van der Waals surface area (Å²) in [5, 5.41) is 25.5. The molecule has 0 aromatic heterocycles. The van der Waals surface area contributed by atoms with Gasteiger partial charge in [0.1, 0.15) is 5.75 Å². The Labute approximate surface area is 157 Å². The number of nitrogens with zero attached hydrogens (tertiary/aromatic N) is 2. The highest BCUT2D eigenvalue weighted by atomic mass is 16.6. The van der Waals surface area contributed by atoms with E-state index < -0.39 is 11.9 Å². The third kappa shape index (κ3) is 9.00. The maximum atomic E-state index is 10.8. The molecule has 1 heterocycles. The number of carbonyl (C=O) groups is 2. The van der Waals surface area contributed by atoms with Crippen molar-refractivity contribution in [2.24, 2.45) is 0 Å². The minimum Gasteiger partial charge on any atom is -0.494 e. The van der Waals surface area contributed by atoms with Crippen LogP contribution in [0.5, 0.6) is 5.75 Å². The van der Waals surface area contributed by atoms with Gasteiger partial charge in [-0.25, -0.2) is 9.59 Å². The maximum Gasteiger partial charge on any atom is 0.414 e. The number of nitro benzene ring substituents is 1. The lowest BCUT2D eigenvalue weighted by Gasteiger charge is -2.19. The molecule has 0 bridgehead atoms. The molecule has 0 atom stereocenters. The second-order valence-electron chi connectivity index (χ2n) is 6.27. The first-order valence-corrected chi connectivity index (χ1v) is 8.87. The predicted molar refractivity (Wildman–Crippen MR) is 98.1 cm³/mol. The zero-order chi connectivity index (χ0) is 20.2. The molecule has 2 rings (SSSR count). The van der Waals surface area contributed by atoms with Gasteiger partial charge < -0.3 is 19.8 Å². The molecule has 0 amide bonds. The Morgan fingerprint density at radius 2 is 1.74 bits per heavy atom. The second kappa shape index (κ2) is 11.8. The van der Waals surface area contributed by atoms with Crippen LogP contribution in [0.2, 0.25) is 0 Å². The molecule has 2 N–H and O–H groups in total. The molecule has 1 aliphatic heterocycles. The predicted octanol–water partition coefficient (Wildman–Crippen LogP) is 2.70. The molecule has 27 heavy (non-hydrogen) atoms. The van der Waals surface area contributed by atoms with Gasteiger partial charge in [-0.05, 0) is 51.4 Å². The van der Waals surface area contributed by atoms with Gasteiger partial charge in [-0.3, -0.25) is 10.1 Å². The highest BCUT2D eigenvalue weighted by molar-refractivity contribution is 6.27. The van der Waals surface area contributed by atoms with Crippen molar-refractivity contribution in [1.29, 1.82) is 0 Å². The van der Waals surface area contributed by atoms with Gasteiger partial charge in [-0.15, -0.1) is 0 Å². The van der Waals surface area contributed by atoms with Gasteiger partial charge in [0.15, 0.2) is 0 Å². The Morgan fingerprint density at radius 3 is 2.22 bits per heavy atom. The summed E-state index contributed by atoms with van der Waals surface area (Å²) in [4.78, 5) is 31.1. The summed E-state index contributed by atoms with van der Waals surface area (Å²) in [7, 11) is 0. The first-order valence-electron chi connectivity index (χ1n) is 8.87. The van der Waals surface area contributed by atoms with Gasteiger partial charge in [0.25, 0.3) is 5.69 Å². The number of carboxylic acids is 2. The van der Waals surface area contributed by atoms with E-state index >= 15 is 0 Å². The number of aliphatic carboxylic acids is 2. The molecule has 1 aliphatic rings. The molecule has 1 aromatic carbocycles. The number of hydrogen-bond acceptors (Lipinski definition) is 6. The van der Waals surface area contributed by atoms with Gasteiger partial charge in [0.2, 0.25) is 0 Å². The second-order valence-corrected chi connectivity index (χ2v) is 6.27. The molecule has 1 aromatic rings. The van der Waals surface area contributed by atoms with E-state index in [9.17, 15) is 10.1 Å². The van der Waals surface area contributed by atoms with Crippen LogP contribution in [0, 0.1) is 17.0 Å². The molecular formula is C18H26N2O7. The van der Waals surface area contributed by atoms with E-state index in [1.54, 1.807) is 19.1 Å². The molecule has 0 saturated carbocycles. The number of aryl methyl sites for hydroxylation is 1. The SMILES string of the molecule is Cc1cc(OCCCN2CCCCCC2)ccc1[N+](=O)[O-].O=C(O)C(=O)O. The Morgan fingerprint density at radius 1 is 1.15 bits per heavy atom. The smallest absolute Gasteiger partial charge is 0.414 e. The summed E-state index contributed by atoms with van der Waals surface area (Å²) in [5.41, 5.74) is 0.789. The highest BCUT2D eigenvalue weighted by Gasteiger charge is 2.11. The minimum absolute atomic E-state index is 0.145. The molecule has 9 heteroatoms. The molecule has 0 aliphatic carbocycles. The average Bonchev–Trinajstić information content (AvgIpc) is 2.87. The third-order valence-corrected chi connectivity index (χ3v) is 4.13. The van der Waals surface area contributed by atoms with Crippen LogP contribution in [0.25, 0.3) is 0 Å². The quantitative estimate of drug-likeness (QED) is 0.332. The first kappa shape index (κ1) is 22.4.